The average molecular weight is 192 g/mol. The second kappa shape index (κ2) is 4.31. The van der Waals surface area contributed by atoms with Gasteiger partial charge in [-0.15, -0.1) is 0 Å². The molecule has 0 unspecified atom stereocenters. The van der Waals surface area contributed by atoms with Crippen LogP contribution in [0.15, 0.2) is 0 Å². The fraction of sp³-hybridized carbons (Fsp3) is 0.917. The van der Waals surface area contributed by atoms with E-state index in [1.54, 1.807) is 0 Å². The van der Waals surface area contributed by atoms with Gasteiger partial charge in [0.15, 0.2) is 0 Å². The van der Waals surface area contributed by atoms with Crippen LogP contribution in [0.1, 0.15) is 44.9 Å². The number of rotatable bonds is 3. The molecule has 1 saturated carbocycles. The summed E-state index contributed by atoms with van der Waals surface area (Å²) in [5, 5.41) is 8.83. The fourth-order valence-corrected chi connectivity index (χ4v) is 2.83. The summed E-state index contributed by atoms with van der Waals surface area (Å²) in [5.74, 6) is 0. The summed E-state index contributed by atoms with van der Waals surface area (Å²) >= 11 is 0. The van der Waals surface area contributed by atoms with Gasteiger partial charge in [0.1, 0.15) is 0 Å². The van der Waals surface area contributed by atoms with Crippen LogP contribution >= 0.6 is 0 Å². The highest BCUT2D eigenvalue weighted by Gasteiger charge is 2.38. The van der Waals surface area contributed by atoms with Crippen LogP contribution in [0, 0.1) is 16.7 Å². The summed E-state index contributed by atoms with van der Waals surface area (Å²) in [7, 11) is 0. The highest BCUT2D eigenvalue weighted by molar-refractivity contribution is 4.96. The lowest BCUT2D eigenvalue weighted by Crippen LogP contribution is -2.44. The average Bonchev–Trinajstić information content (AvgIpc) is 2.16. The van der Waals surface area contributed by atoms with E-state index in [-0.39, 0.29) is 0 Å². The molecule has 0 radical (unpaired) electrons. The first-order valence-corrected chi connectivity index (χ1v) is 5.94. The minimum Gasteiger partial charge on any atom is -0.303 e. The molecule has 1 aliphatic carbocycles. The van der Waals surface area contributed by atoms with E-state index in [2.05, 4.69) is 11.0 Å². The Bertz CT molecular complexity index is 219. The molecule has 2 nitrogen and oxygen atoms in total. The Balaban J connectivity index is 1.84. The van der Waals surface area contributed by atoms with Gasteiger partial charge in [-0.25, -0.2) is 0 Å². The van der Waals surface area contributed by atoms with E-state index in [1.807, 2.05) is 0 Å². The molecule has 0 aromatic heterocycles. The zero-order chi connectivity index (χ0) is 9.86. The van der Waals surface area contributed by atoms with Gasteiger partial charge >= 0.3 is 0 Å². The number of nitriles is 1. The summed E-state index contributed by atoms with van der Waals surface area (Å²) in [5.41, 5.74) is 0.395. The largest absolute Gasteiger partial charge is 0.303 e. The van der Waals surface area contributed by atoms with Crippen molar-refractivity contribution in [1.82, 2.24) is 4.90 Å². The number of piperidine rings is 1. The molecule has 1 saturated heterocycles. The molecule has 0 N–H and O–H groups in total. The Morgan fingerprint density at radius 2 is 1.79 bits per heavy atom. The third-order valence-corrected chi connectivity index (χ3v) is 3.88. The lowest BCUT2D eigenvalue weighted by atomic mass is 9.66. The van der Waals surface area contributed by atoms with E-state index < -0.39 is 0 Å². The Labute approximate surface area is 86.9 Å². The van der Waals surface area contributed by atoms with Crippen molar-refractivity contribution in [2.75, 3.05) is 19.6 Å². The molecule has 0 amide bonds. The molecule has 2 rings (SSSR count). The number of likely N-dealkylation sites (tertiary alicyclic amines) is 1. The SMILES string of the molecule is N#CCC1(CN2CCCCC2)CCC1. The topological polar surface area (TPSA) is 27.0 Å². The van der Waals surface area contributed by atoms with E-state index in [1.165, 1.54) is 58.2 Å². The van der Waals surface area contributed by atoms with Crippen LogP contribution in [-0.4, -0.2) is 24.5 Å². The van der Waals surface area contributed by atoms with Crippen LogP contribution in [-0.2, 0) is 0 Å². The Morgan fingerprint density at radius 3 is 2.29 bits per heavy atom. The second-order valence-electron chi connectivity index (χ2n) is 5.03. The standard InChI is InChI=1S/C12H20N2/c13-8-7-12(5-4-6-12)11-14-9-2-1-3-10-14/h1-7,9-11H2. The highest BCUT2D eigenvalue weighted by Crippen LogP contribution is 2.44. The summed E-state index contributed by atoms with van der Waals surface area (Å²) in [6.45, 7) is 3.74. The van der Waals surface area contributed by atoms with E-state index in [4.69, 9.17) is 5.26 Å². The smallest absolute Gasteiger partial charge is 0.0628 e. The van der Waals surface area contributed by atoms with Crippen LogP contribution < -0.4 is 0 Å². The quantitative estimate of drug-likeness (QED) is 0.687. The van der Waals surface area contributed by atoms with Crippen molar-refractivity contribution in [2.24, 2.45) is 5.41 Å². The lowest BCUT2D eigenvalue weighted by Gasteiger charge is -2.44. The second-order valence-corrected chi connectivity index (χ2v) is 5.03. The molecule has 14 heavy (non-hydrogen) atoms. The zero-order valence-corrected chi connectivity index (χ0v) is 8.97. The third-order valence-electron chi connectivity index (χ3n) is 3.88. The van der Waals surface area contributed by atoms with Gasteiger partial charge in [0.05, 0.1) is 6.07 Å². The Morgan fingerprint density at radius 1 is 1.07 bits per heavy atom. The van der Waals surface area contributed by atoms with Crippen LogP contribution in [0.3, 0.4) is 0 Å². The molecule has 2 aliphatic rings. The first-order chi connectivity index (χ1) is 6.85. The van der Waals surface area contributed by atoms with E-state index >= 15 is 0 Å². The maximum atomic E-state index is 8.83. The van der Waals surface area contributed by atoms with Crippen molar-refractivity contribution >= 4 is 0 Å². The normalized spacial score (nSPS) is 26.5. The summed E-state index contributed by atoms with van der Waals surface area (Å²) in [6, 6.07) is 2.37. The van der Waals surface area contributed by atoms with Gasteiger partial charge in [0.2, 0.25) is 0 Å². The Kier molecular flexibility index (Phi) is 3.08. The predicted molar refractivity (Wildman–Crippen MR) is 56.8 cm³/mol. The van der Waals surface area contributed by atoms with E-state index in [0.717, 1.165) is 6.42 Å². The summed E-state index contributed by atoms with van der Waals surface area (Å²) in [6.07, 6.45) is 8.83. The molecule has 1 aliphatic heterocycles. The van der Waals surface area contributed by atoms with Crippen LogP contribution in [0.4, 0.5) is 0 Å². The molecule has 78 valence electrons. The summed E-state index contributed by atoms with van der Waals surface area (Å²) < 4.78 is 0. The number of hydrogen-bond donors (Lipinski definition) is 0. The van der Waals surface area contributed by atoms with Crippen molar-refractivity contribution in [3.05, 3.63) is 0 Å². The van der Waals surface area contributed by atoms with Gasteiger partial charge in [-0.05, 0) is 44.2 Å². The van der Waals surface area contributed by atoms with Gasteiger partial charge in [0, 0.05) is 13.0 Å². The molecule has 1 heterocycles. The van der Waals surface area contributed by atoms with Crippen LogP contribution in [0.5, 0.6) is 0 Å². The predicted octanol–water partition coefficient (Wildman–Crippen LogP) is 2.56. The van der Waals surface area contributed by atoms with Gasteiger partial charge in [-0.3, -0.25) is 0 Å². The minimum absolute atomic E-state index is 0.395. The zero-order valence-electron chi connectivity index (χ0n) is 8.97. The first kappa shape index (κ1) is 9.98. The molecule has 0 spiro atoms. The third kappa shape index (κ3) is 2.09. The number of hydrogen-bond acceptors (Lipinski definition) is 2. The van der Waals surface area contributed by atoms with Crippen molar-refractivity contribution in [2.45, 2.75) is 44.9 Å². The lowest BCUT2D eigenvalue weighted by molar-refractivity contribution is 0.0612. The monoisotopic (exact) mass is 192 g/mol. The van der Waals surface area contributed by atoms with Gasteiger partial charge < -0.3 is 4.90 Å². The molecule has 0 atom stereocenters. The van der Waals surface area contributed by atoms with Crippen molar-refractivity contribution in [3.63, 3.8) is 0 Å². The summed E-state index contributed by atoms with van der Waals surface area (Å²) in [4.78, 5) is 2.58. The maximum Gasteiger partial charge on any atom is 0.0628 e. The number of nitrogens with zero attached hydrogens (tertiary/aromatic N) is 2. The fourth-order valence-electron chi connectivity index (χ4n) is 2.83. The molecular formula is C12H20N2. The molecule has 2 fully saturated rings. The molecule has 2 heteroatoms. The molecule has 0 aromatic rings. The van der Waals surface area contributed by atoms with Gasteiger partial charge in [-0.2, -0.15) is 5.26 Å². The van der Waals surface area contributed by atoms with E-state index in [0.29, 0.717) is 5.41 Å². The van der Waals surface area contributed by atoms with Crippen LogP contribution in [0.2, 0.25) is 0 Å². The first-order valence-electron chi connectivity index (χ1n) is 5.94. The van der Waals surface area contributed by atoms with Crippen molar-refractivity contribution in [1.29, 1.82) is 5.26 Å². The molecule has 0 bridgehead atoms. The maximum absolute atomic E-state index is 8.83. The van der Waals surface area contributed by atoms with Gasteiger partial charge in [-0.1, -0.05) is 12.8 Å². The molecular weight excluding hydrogens is 172 g/mol. The van der Waals surface area contributed by atoms with Crippen molar-refractivity contribution in [3.8, 4) is 6.07 Å². The molecule has 0 aromatic carbocycles. The Hall–Kier alpha value is -0.550. The highest BCUT2D eigenvalue weighted by atomic mass is 15.1. The van der Waals surface area contributed by atoms with Crippen molar-refractivity contribution < 1.29 is 0 Å². The van der Waals surface area contributed by atoms with Crippen LogP contribution in [0.25, 0.3) is 0 Å². The minimum atomic E-state index is 0.395. The van der Waals surface area contributed by atoms with E-state index in [9.17, 15) is 0 Å². The van der Waals surface area contributed by atoms with Gasteiger partial charge in [0.25, 0.3) is 0 Å².